The molecule has 3 aromatic rings. The first-order valence-electron chi connectivity index (χ1n) is 10.6. The third kappa shape index (κ3) is 4.27. The summed E-state index contributed by atoms with van der Waals surface area (Å²) in [6.07, 6.45) is 2.75. The van der Waals surface area contributed by atoms with Gasteiger partial charge in [0.05, 0.1) is 24.9 Å². The van der Waals surface area contributed by atoms with Crippen molar-refractivity contribution in [1.82, 2.24) is 14.9 Å². The summed E-state index contributed by atoms with van der Waals surface area (Å²) in [5.74, 6) is 0.843. The van der Waals surface area contributed by atoms with Crippen LogP contribution >= 0.6 is 0 Å². The van der Waals surface area contributed by atoms with Crippen LogP contribution in [0.2, 0.25) is 0 Å². The van der Waals surface area contributed by atoms with Crippen LogP contribution in [0.15, 0.2) is 47.3 Å². The molecule has 1 fully saturated rings. The van der Waals surface area contributed by atoms with Gasteiger partial charge in [-0.25, -0.2) is 14.2 Å². The van der Waals surface area contributed by atoms with Crippen LogP contribution in [0.5, 0.6) is 5.75 Å². The number of benzene rings is 2. The van der Waals surface area contributed by atoms with Crippen LogP contribution in [-0.4, -0.2) is 29.8 Å². The molecular formula is C25H25FN4O2. The van der Waals surface area contributed by atoms with Gasteiger partial charge < -0.3 is 10.1 Å². The number of nitrogens with one attached hydrogen (secondary N) is 1. The summed E-state index contributed by atoms with van der Waals surface area (Å²) < 4.78 is 21.1. The quantitative estimate of drug-likeness (QED) is 0.588. The smallest absolute Gasteiger partial charge is 0.261 e. The van der Waals surface area contributed by atoms with E-state index >= 15 is 0 Å². The summed E-state index contributed by atoms with van der Waals surface area (Å²) in [6, 6.07) is 11.4. The highest BCUT2D eigenvalue weighted by molar-refractivity contribution is 5.81. The van der Waals surface area contributed by atoms with Gasteiger partial charge in [-0.2, -0.15) is 0 Å². The zero-order valence-electron chi connectivity index (χ0n) is 18.2. The fourth-order valence-corrected chi connectivity index (χ4v) is 4.15. The van der Waals surface area contributed by atoms with E-state index in [-0.39, 0.29) is 11.3 Å². The molecule has 0 bridgehead atoms. The lowest BCUT2D eigenvalue weighted by Gasteiger charge is -2.16. The Morgan fingerprint density at radius 3 is 2.62 bits per heavy atom. The second kappa shape index (κ2) is 9.33. The van der Waals surface area contributed by atoms with Crippen molar-refractivity contribution in [3.05, 3.63) is 75.9 Å². The van der Waals surface area contributed by atoms with E-state index in [9.17, 15) is 9.18 Å². The number of halogens is 1. The number of aryl methyl sites for hydroxylation is 1. The van der Waals surface area contributed by atoms with Gasteiger partial charge >= 0.3 is 0 Å². The van der Waals surface area contributed by atoms with Crippen LogP contribution in [0.1, 0.15) is 18.7 Å². The van der Waals surface area contributed by atoms with Crippen molar-refractivity contribution >= 4 is 5.69 Å². The maximum Gasteiger partial charge on any atom is 0.261 e. The molecule has 32 heavy (non-hydrogen) atoms. The molecule has 2 aromatic carbocycles. The summed E-state index contributed by atoms with van der Waals surface area (Å²) in [6.45, 7) is 9.20. The number of rotatable bonds is 6. The highest BCUT2D eigenvalue weighted by atomic mass is 19.1. The van der Waals surface area contributed by atoms with Crippen molar-refractivity contribution < 1.29 is 9.13 Å². The molecule has 0 spiro atoms. The minimum atomic E-state index is -0.542. The molecular weight excluding hydrogens is 407 g/mol. The summed E-state index contributed by atoms with van der Waals surface area (Å²) in [5, 5.41) is 3.37. The van der Waals surface area contributed by atoms with Gasteiger partial charge in [-0.15, -0.1) is 0 Å². The minimum absolute atomic E-state index is 0.114. The third-order valence-electron chi connectivity index (χ3n) is 6.03. The van der Waals surface area contributed by atoms with E-state index in [0.717, 1.165) is 25.9 Å². The zero-order chi connectivity index (χ0) is 22.7. The first-order chi connectivity index (χ1) is 15.5. The molecule has 1 aliphatic rings. The minimum Gasteiger partial charge on any atom is -0.494 e. The van der Waals surface area contributed by atoms with Gasteiger partial charge in [0, 0.05) is 13.5 Å². The lowest BCUT2D eigenvalue weighted by atomic mass is 9.98. The third-order valence-corrected chi connectivity index (χ3v) is 6.03. The largest absolute Gasteiger partial charge is 0.494 e. The van der Waals surface area contributed by atoms with E-state index in [1.54, 1.807) is 41.9 Å². The van der Waals surface area contributed by atoms with Crippen LogP contribution in [0.25, 0.3) is 27.2 Å². The Morgan fingerprint density at radius 2 is 2.00 bits per heavy atom. The van der Waals surface area contributed by atoms with Crippen molar-refractivity contribution in [3.8, 4) is 28.1 Å². The van der Waals surface area contributed by atoms with Gasteiger partial charge in [0.2, 0.25) is 0 Å². The maximum absolute atomic E-state index is 14.5. The predicted molar refractivity (Wildman–Crippen MR) is 122 cm³/mol. The lowest BCUT2D eigenvalue weighted by molar-refractivity contribution is 0.386. The molecule has 1 saturated heterocycles. The van der Waals surface area contributed by atoms with E-state index < -0.39 is 5.82 Å². The highest BCUT2D eigenvalue weighted by Gasteiger charge is 2.21. The predicted octanol–water partition coefficient (Wildman–Crippen LogP) is 4.35. The molecule has 164 valence electrons. The second-order valence-electron chi connectivity index (χ2n) is 8.02. The highest BCUT2D eigenvalue weighted by Crippen LogP contribution is 2.32. The van der Waals surface area contributed by atoms with Gasteiger partial charge in [0.15, 0.2) is 17.3 Å². The Labute approximate surface area is 186 Å². The van der Waals surface area contributed by atoms with Gasteiger partial charge in [-0.05, 0) is 55.1 Å². The molecule has 1 unspecified atom stereocenters. The zero-order valence-corrected chi connectivity index (χ0v) is 18.2. The fraction of sp³-hybridized carbons (Fsp3) is 0.320. The SMILES string of the molecule is [C-]#[N+]c1ccc(-c2nc(CCC3CCNC3)n(C)c(=O)c2-c2ccc(OC)c(F)c2)cc1. The topological polar surface area (TPSA) is 60.5 Å². The average molecular weight is 432 g/mol. The molecule has 0 saturated carbocycles. The van der Waals surface area contributed by atoms with Gasteiger partial charge in [0.25, 0.3) is 5.56 Å². The number of aromatic nitrogens is 2. The monoisotopic (exact) mass is 432 g/mol. The van der Waals surface area contributed by atoms with Crippen molar-refractivity contribution in [2.24, 2.45) is 13.0 Å². The molecule has 4 rings (SSSR count). The Bertz CT molecular complexity index is 1220. The summed E-state index contributed by atoms with van der Waals surface area (Å²) in [4.78, 5) is 21.8. The first kappa shape index (κ1) is 21.7. The van der Waals surface area contributed by atoms with E-state index in [1.807, 2.05) is 0 Å². The Kier molecular flexibility index (Phi) is 6.33. The van der Waals surface area contributed by atoms with Gasteiger partial charge in [-0.1, -0.05) is 30.3 Å². The summed E-state index contributed by atoms with van der Waals surface area (Å²) in [7, 11) is 3.12. The fourth-order valence-electron chi connectivity index (χ4n) is 4.15. The van der Waals surface area contributed by atoms with Crippen LogP contribution < -0.4 is 15.6 Å². The number of hydrogen-bond donors (Lipinski definition) is 1. The molecule has 2 heterocycles. The van der Waals surface area contributed by atoms with Crippen molar-refractivity contribution in [3.63, 3.8) is 0 Å². The van der Waals surface area contributed by atoms with Crippen molar-refractivity contribution in [2.75, 3.05) is 20.2 Å². The number of methoxy groups -OCH3 is 1. The Hall–Kier alpha value is -3.50. The first-order valence-corrected chi connectivity index (χ1v) is 10.6. The standard InChI is InChI=1S/C25H25FN4O2/c1-27-19-8-5-17(6-9-19)24-23(18-7-10-21(32-3)20(26)14-18)25(31)30(2)22(29-24)11-4-16-12-13-28-15-16/h5-10,14,16,28H,4,11-13,15H2,2-3H3. The number of nitrogens with zero attached hydrogens (tertiary/aromatic N) is 3. The molecule has 7 heteroatoms. The molecule has 0 radical (unpaired) electrons. The van der Waals surface area contributed by atoms with Gasteiger partial charge in [0.1, 0.15) is 5.82 Å². The second-order valence-corrected chi connectivity index (χ2v) is 8.02. The molecule has 1 aromatic heterocycles. The van der Waals surface area contributed by atoms with E-state index in [2.05, 4.69) is 10.2 Å². The lowest BCUT2D eigenvalue weighted by Crippen LogP contribution is -2.25. The Morgan fingerprint density at radius 1 is 1.25 bits per heavy atom. The van der Waals surface area contributed by atoms with Gasteiger partial charge in [-0.3, -0.25) is 9.36 Å². The molecule has 6 nitrogen and oxygen atoms in total. The van der Waals surface area contributed by atoms with Crippen LogP contribution in [0.3, 0.4) is 0 Å². The van der Waals surface area contributed by atoms with E-state index in [4.69, 9.17) is 16.3 Å². The van der Waals surface area contributed by atoms with Crippen LogP contribution in [0.4, 0.5) is 10.1 Å². The molecule has 0 aliphatic carbocycles. The van der Waals surface area contributed by atoms with Crippen molar-refractivity contribution in [1.29, 1.82) is 0 Å². The van der Waals surface area contributed by atoms with Crippen LogP contribution in [-0.2, 0) is 13.5 Å². The normalized spacial score (nSPS) is 15.5. The Balaban J connectivity index is 1.85. The van der Waals surface area contributed by atoms with Crippen LogP contribution in [0, 0.1) is 18.3 Å². The molecule has 0 amide bonds. The molecule has 1 N–H and O–H groups in total. The van der Waals surface area contributed by atoms with Crippen molar-refractivity contribution in [2.45, 2.75) is 19.3 Å². The molecule has 1 atom stereocenters. The van der Waals surface area contributed by atoms with E-state index in [0.29, 0.717) is 46.2 Å². The van der Waals surface area contributed by atoms with E-state index in [1.165, 1.54) is 19.2 Å². The summed E-state index contributed by atoms with van der Waals surface area (Å²) >= 11 is 0. The number of hydrogen-bond acceptors (Lipinski definition) is 4. The number of ether oxygens (including phenoxy) is 1. The maximum atomic E-state index is 14.5. The molecule has 1 aliphatic heterocycles. The summed E-state index contributed by atoms with van der Waals surface area (Å²) in [5.41, 5.74) is 2.25. The average Bonchev–Trinajstić information content (AvgIpc) is 3.33.